The first-order valence-electron chi connectivity index (χ1n) is 3.97. The molecule has 4 nitrogen and oxygen atoms in total. The maximum atomic E-state index is 11.5. The van der Waals surface area contributed by atoms with Crippen molar-refractivity contribution < 1.29 is 14.7 Å². The second-order valence-electron chi connectivity index (χ2n) is 3.25. The smallest absolute Gasteiger partial charge is 0.319 e. The van der Waals surface area contributed by atoms with Gasteiger partial charge in [-0.15, -0.1) is 6.42 Å². The SMILES string of the molecule is C#CCN(C)C(=O)C1(C(=O)O)CC1. The number of hydrogen-bond donors (Lipinski definition) is 1. The first kappa shape index (κ1) is 9.59. The van der Waals surface area contributed by atoms with E-state index in [-0.39, 0.29) is 12.5 Å². The zero-order chi connectivity index (χ0) is 10.1. The fraction of sp³-hybridized carbons (Fsp3) is 0.556. The Balaban J connectivity index is 2.69. The number of amides is 1. The van der Waals surface area contributed by atoms with Gasteiger partial charge >= 0.3 is 5.97 Å². The molecule has 0 atom stereocenters. The van der Waals surface area contributed by atoms with Crippen molar-refractivity contribution in [1.82, 2.24) is 4.90 Å². The molecule has 0 aliphatic heterocycles. The van der Waals surface area contributed by atoms with Gasteiger partial charge < -0.3 is 10.0 Å². The van der Waals surface area contributed by atoms with E-state index in [1.165, 1.54) is 11.9 Å². The summed E-state index contributed by atoms with van der Waals surface area (Å²) in [7, 11) is 1.52. The van der Waals surface area contributed by atoms with E-state index in [1.54, 1.807) is 0 Å². The van der Waals surface area contributed by atoms with Crippen LogP contribution in [0, 0.1) is 17.8 Å². The molecule has 1 fully saturated rings. The minimum Gasteiger partial charge on any atom is -0.480 e. The van der Waals surface area contributed by atoms with E-state index in [4.69, 9.17) is 11.5 Å². The van der Waals surface area contributed by atoms with Crippen molar-refractivity contribution in [1.29, 1.82) is 0 Å². The van der Waals surface area contributed by atoms with Crippen molar-refractivity contribution in [3.63, 3.8) is 0 Å². The number of carbonyl (C=O) groups is 2. The van der Waals surface area contributed by atoms with Gasteiger partial charge in [-0.1, -0.05) is 5.92 Å². The van der Waals surface area contributed by atoms with Crippen molar-refractivity contribution >= 4 is 11.9 Å². The highest BCUT2D eigenvalue weighted by atomic mass is 16.4. The molecule has 1 aliphatic carbocycles. The van der Waals surface area contributed by atoms with E-state index in [1.807, 2.05) is 0 Å². The van der Waals surface area contributed by atoms with Crippen molar-refractivity contribution in [2.75, 3.05) is 13.6 Å². The molecule has 0 unspecified atom stereocenters. The molecule has 0 saturated heterocycles. The maximum absolute atomic E-state index is 11.5. The molecular weight excluding hydrogens is 170 g/mol. The summed E-state index contributed by atoms with van der Waals surface area (Å²) in [6, 6.07) is 0. The average Bonchev–Trinajstić information content (AvgIpc) is 2.83. The number of terminal acetylenes is 1. The lowest BCUT2D eigenvalue weighted by molar-refractivity contribution is -0.152. The lowest BCUT2D eigenvalue weighted by atomic mass is 10.1. The molecule has 0 heterocycles. The van der Waals surface area contributed by atoms with Crippen LogP contribution in [0.3, 0.4) is 0 Å². The van der Waals surface area contributed by atoms with E-state index in [0.29, 0.717) is 12.8 Å². The summed E-state index contributed by atoms with van der Waals surface area (Å²) in [5, 5.41) is 8.79. The van der Waals surface area contributed by atoms with E-state index in [9.17, 15) is 9.59 Å². The Morgan fingerprint density at radius 1 is 1.62 bits per heavy atom. The minimum atomic E-state index is -1.16. The van der Waals surface area contributed by atoms with Crippen LogP contribution < -0.4 is 0 Å². The normalized spacial score (nSPS) is 17.2. The Morgan fingerprint density at radius 3 is 2.46 bits per heavy atom. The van der Waals surface area contributed by atoms with Gasteiger partial charge in [-0.25, -0.2) is 0 Å². The monoisotopic (exact) mass is 181 g/mol. The van der Waals surface area contributed by atoms with Gasteiger partial charge in [0, 0.05) is 7.05 Å². The molecule has 0 bridgehead atoms. The van der Waals surface area contributed by atoms with Crippen molar-refractivity contribution in [3.05, 3.63) is 0 Å². The Morgan fingerprint density at radius 2 is 2.15 bits per heavy atom. The van der Waals surface area contributed by atoms with Crippen molar-refractivity contribution in [3.8, 4) is 12.3 Å². The van der Waals surface area contributed by atoms with Gasteiger partial charge in [0.05, 0.1) is 6.54 Å². The molecule has 1 amide bonds. The number of aliphatic carboxylic acids is 1. The summed E-state index contributed by atoms with van der Waals surface area (Å²) in [6.07, 6.45) is 5.87. The van der Waals surface area contributed by atoms with E-state index in [0.717, 1.165) is 0 Å². The van der Waals surface area contributed by atoms with Crippen LogP contribution >= 0.6 is 0 Å². The van der Waals surface area contributed by atoms with Gasteiger partial charge in [0.2, 0.25) is 5.91 Å². The molecule has 0 aromatic carbocycles. The zero-order valence-electron chi connectivity index (χ0n) is 7.41. The average molecular weight is 181 g/mol. The van der Waals surface area contributed by atoms with Crippen LogP contribution in [-0.2, 0) is 9.59 Å². The number of carbonyl (C=O) groups excluding carboxylic acids is 1. The summed E-state index contributed by atoms with van der Waals surface area (Å²) >= 11 is 0. The lowest BCUT2D eigenvalue weighted by Gasteiger charge is -2.18. The summed E-state index contributed by atoms with van der Waals surface area (Å²) in [4.78, 5) is 23.5. The molecule has 1 saturated carbocycles. The van der Waals surface area contributed by atoms with Gasteiger partial charge in [0.15, 0.2) is 0 Å². The molecule has 1 aliphatic rings. The Kier molecular flexibility index (Phi) is 2.28. The third kappa shape index (κ3) is 1.50. The summed E-state index contributed by atoms with van der Waals surface area (Å²) in [5.41, 5.74) is -1.16. The van der Waals surface area contributed by atoms with Crippen LogP contribution in [0.2, 0.25) is 0 Å². The van der Waals surface area contributed by atoms with E-state index in [2.05, 4.69) is 5.92 Å². The fourth-order valence-electron chi connectivity index (χ4n) is 1.22. The molecular formula is C9H11NO3. The first-order valence-corrected chi connectivity index (χ1v) is 3.97. The third-order valence-corrected chi connectivity index (χ3v) is 2.24. The number of nitrogens with zero attached hydrogens (tertiary/aromatic N) is 1. The van der Waals surface area contributed by atoms with Crippen LogP contribution in [0.25, 0.3) is 0 Å². The number of hydrogen-bond acceptors (Lipinski definition) is 2. The lowest BCUT2D eigenvalue weighted by Crippen LogP contribution is -2.38. The molecule has 0 radical (unpaired) electrons. The Labute approximate surface area is 76.5 Å². The number of rotatable bonds is 3. The van der Waals surface area contributed by atoms with Crippen LogP contribution in [0.1, 0.15) is 12.8 Å². The predicted molar refractivity (Wildman–Crippen MR) is 45.8 cm³/mol. The van der Waals surface area contributed by atoms with Gasteiger partial charge in [0.1, 0.15) is 5.41 Å². The fourth-order valence-corrected chi connectivity index (χ4v) is 1.22. The molecule has 1 rings (SSSR count). The largest absolute Gasteiger partial charge is 0.480 e. The van der Waals surface area contributed by atoms with E-state index >= 15 is 0 Å². The molecule has 0 aromatic rings. The van der Waals surface area contributed by atoms with Crippen molar-refractivity contribution in [2.24, 2.45) is 5.41 Å². The quantitative estimate of drug-likeness (QED) is 0.490. The standard InChI is InChI=1S/C9H11NO3/c1-3-6-10(2)7(11)9(4-5-9)8(12)13/h1H,4-6H2,2H3,(H,12,13). The van der Waals surface area contributed by atoms with Gasteiger partial charge in [-0.2, -0.15) is 0 Å². The highest BCUT2D eigenvalue weighted by Gasteiger charge is 2.58. The second-order valence-corrected chi connectivity index (χ2v) is 3.25. The van der Waals surface area contributed by atoms with Crippen LogP contribution in [0.15, 0.2) is 0 Å². The highest BCUT2D eigenvalue weighted by molar-refractivity contribution is 6.04. The first-order chi connectivity index (χ1) is 6.04. The van der Waals surface area contributed by atoms with Gasteiger partial charge in [0.25, 0.3) is 0 Å². The molecule has 70 valence electrons. The second kappa shape index (κ2) is 3.09. The number of carboxylic acid groups (broad SMARTS) is 1. The zero-order valence-corrected chi connectivity index (χ0v) is 7.41. The minimum absolute atomic E-state index is 0.161. The molecule has 0 spiro atoms. The van der Waals surface area contributed by atoms with Crippen LogP contribution in [-0.4, -0.2) is 35.5 Å². The highest BCUT2D eigenvalue weighted by Crippen LogP contribution is 2.47. The predicted octanol–water partition coefficient (Wildman–Crippen LogP) is -0.0572. The molecule has 1 N–H and O–H groups in total. The van der Waals surface area contributed by atoms with Crippen molar-refractivity contribution in [2.45, 2.75) is 12.8 Å². The van der Waals surface area contributed by atoms with Gasteiger partial charge in [-0.05, 0) is 12.8 Å². The van der Waals surface area contributed by atoms with Crippen LogP contribution in [0.5, 0.6) is 0 Å². The Bertz CT molecular complexity index is 286. The van der Waals surface area contributed by atoms with E-state index < -0.39 is 11.4 Å². The molecule has 13 heavy (non-hydrogen) atoms. The maximum Gasteiger partial charge on any atom is 0.319 e. The summed E-state index contributed by atoms with van der Waals surface area (Å²) < 4.78 is 0. The topological polar surface area (TPSA) is 57.6 Å². The summed E-state index contributed by atoms with van der Waals surface area (Å²) in [5.74, 6) is 0.882. The third-order valence-electron chi connectivity index (χ3n) is 2.24. The molecule has 4 heteroatoms. The Hall–Kier alpha value is -1.50. The summed E-state index contributed by atoms with van der Waals surface area (Å²) in [6.45, 7) is 0.161. The van der Waals surface area contributed by atoms with Gasteiger partial charge in [-0.3, -0.25) is 9.59 Å². The molecule has 0 aromatic heterocycles. The number of carboxylic acids is 1. The van der Waals surface area contributed by atoms with Crippen LogP contribution in [0.4, 0.5) is 0 Å².